The van der Waals surface area contributed by atoms with Crippen molar-refractivity contribution in [1.82, 2.24) is 14.4 Å². The molecule has 1 aromatic carbocycles. The number of nitrogens with one attached hydrogen (secondary N) is 2. The van der Waals surface area contributed by atoms with Gasteiger partial charge in [-0.1, -0.05) is 22.0 Å². The summed E-state index contributed by atoms with van der Waals surface area (Å²) in [5.74, 6) is 1.51. The molecule has 5 nitrogen and oxygen atoms in total. The van der Waals surface area contributed by atoms with E-state index in [4.69, 9.17) is 0 Å². The number of hydrogen-bond acceptors (Lipinski definition) is 4. The maximum Gasteiger partial charge on any atom is 0.180 e. The average Bonchev–Trinajstić information content (AvgIpc) is 2.91. The lowest BCUT2D eigenvalue weighted by atomic mass is 10.2. The summed E-state index contributed by atoms with van der Waals surface area (Å²) in [5, 5.41) is 6.40. The second kappa shape index (κ2) is 5.13. The van der Waals surface area contributed by atoms with Crippen LogP contribution in [0.2, 0.25) is 0 Å². The van der Waals surface area contributed by atoms with E-state index >= 15 is 0 Å². The molecular formula is C14H14BrN5. The molecule has 3 rings (SSSR count). The van der Waals surface area contributed by atoms with E-state index in [1.54, 1.807) is 6.20 Å². The largest absolute Gasteiger partial charge is 0.372 e. The number of aromatic nitrogens is 3. The van der Waals surface area contributed by atoms with Crippen LogP contribution in [0, 0.1) is 6.92 Å². The molecule has 0 spiro atoms. The van der Waals surface area contributed by atoms with Gasteiger partial charge in [-0.2, -0.15) is 0 Å². The van der Waals surface area contributed by atoms with Gasteiger partial charge >= 0.3 is 0 Å². The van der Waals surface area contributed by atoms with Gasteiger partial charge in [0.05, 0.1) is 6.20 Å². The lowest BCUT2D eigenvalue weighted by molar-refractivity contribution is 1.12. The minimum absolute atomic E-state index is 0.725. The Labute approximate surface area is 125 Å². The van der Waals surface area contributed by atoms with Crippen LogP contribution >= 0.6 is 15.9 Å². The van der Waals surface area contributed by atoms with Crippen LogP contribution in [-0.4, -0.2) is 21.4 Å². The molecule has 0 fully saturated rings. The molecule has 0 atom stereocenters. The second-order valence-electron chi connectivity index (χ2n) is 4.47. The van der Waals surface area contributed by atoms with E-state index in [-0.39, 0.29) is 0 Å². The molecule has 2 N–H and O–H groups in total. The molecule has 3 aromatic rings. The van der Waals surface area contributed by atoms with Gasteiger partial charge in [0.2, 0.25) is 0 Å². The van der Waals surface area contributed by atoms with Crippen LogP contribution in [0.4, 0.5) is 17.3 Å². The third-order valence-corrected chi connectivity index (χ3v) is 3.58. The minimum atomic E-state index is 0.725. The molecule has 2 aromatic heterocycles. The lowest BCUT2D eigenvalue weighted by Crippen LogP contribution is -2.03. The van der Waals surface area contributed by atoms with Crippen LogP contribution in [0.3, 0.4) is 0 Å². The van der Waals surface area contributed by atoms with Gasteiger partial charge in [0.1, 0.15) is 5.82 Å². The molecule has 20 heavy (non-hydrogen) atoms. The highest BCUT2D eigenvalue weighted by Crippen LogP contribution is 2.26. The average molecular weight is 332 g/mol. The lowest BCUT2D eigenvalue weighted by Gasteiger charge is -2.11. The van der Waals surface area contributed by atoms with Crippen molar-refractivity contribution in [3.05, 3.63) is 46.8 Å². The fraction of sp³-hybridized carbons (Fsp3) is 0.143. The van der Waals surface area contributed by atoms with Crippen LogP contribution in [0.25, 0.3) is 5.65 Å². The van der Waals surface area contributed by atoms with Crippen molar-refractivity contribution in [3.8, 4) is 0 Å². The topological polar surface area (TPSA) is 54.2 Å². The zero-order valence-electron chi connectivity index (χ0n) is 11.2. The standard InChI is InChI=1S/C14H14BrN5/c1-9-3-4-10(15)7-11(9)18-13-14-17-5-6-20(14)8-12(16-2)19-13/h3-8,16H,1-2H3,(H,18,19). The number of rotatable bonds is 3. The highest BCUT2D eigenvalue weighted by Gasteiger charge is 2.08. The van der Waals surface area contributed by atoms with E-state index in [0.717, 1.165) is 33.0 Å². The zero-order chi connectivity index (χ0) is 14.1. The molecule has 0 aliphatic carbocycles. The Morgan fingerprint density at radius 3 is 2.95 bits per heavy atom. The number of anilines is 3. The highest BCUT2D eigenvalue weighted by molar-refractivity contribution is 9.10. The molecule has 0 radical (unpaired) electrons. The van der Waals surface area contributed by atoms with Crippen molar-refractivity contribution in [3.63, 3.8) is 0 Å². The normalized spacial score (nSPS) is 10.8. The third kappa shape index (κ3) is 2.34. The van der Waals surface area contributed by atoms with E-state index in [9.17, 15) is 0 Å². The SMILES string of the molecule is CNc1cn2ccnc2c(Nc2cc(Br)ccc2C)n1. The first-order valence-corrected chi connectivity index (χ1v) is 7.01. The Balaban J connectivity index is 2.09. The van der Waals surface area contributed by atoms with Crippen LogP contribution < -0.4 is 10.6 Å². The van der Waals surface area contributed by atoms with Crippen molar-refractivity contribution in [2.45, 2.75) is 6.92 Å². The molecule has 0 bridgehead atoms. The van der Waals surface area contributed by atoms with Crippen LogP contribution in [0.15, 0.2) is 41.3 Å². The molecular weight excluding hydrogens is 318 g/mol. The predicted octanol–water partition coefficient (Wildman–Crippen LogP) is 3.59. The van der Waals surface area contributed by atoms with Gasteiger partial charge in [-0.3, -0.25) is 0 Å². The maximum absolute atomic E-state index is 4.54. The molecule has 6 heteroatoms. The Morgan fingerprint density at radius 2 is 2.15 bits per heavy atom. The Bertz CT molecular complexity index is 765. The van der Waals surface area contributed by atoms with E-state index in [0.29, 0.717) is 0 Å². The van der Waals surface area contributed by atoms with Gasteiger partial charge in [-0.05, 0) is 24.6 Å². The Hall–Kier alpha value is -2.08. The molecule has 102 valence electrons. The van der Waals surface area contributed by atoms with Gasteiger partial charge in [-0.25, -0.2) is 9.97 Å². The van der Waals surface area contributed by atoms with Gasteiger partial charge in [0.25, 0.3) is 0 Å². The number of hydrogen-bond donors (Lipinski definition) is 2. The van der Waals surface area contributed by atoms with Crippen LogP contribution in [0.1, 0.15) is 5.56 Å². The fourth-order valence-corrected chi connectivity index (χ4v) is 2.35. The third-order valence-electron chi connectivity index (χ3n) is 3.08. The monoisotopic (exact) mass is 331 g/mol. The van der Waals surface area contributed by atoms with Gasteiger partial charge in [0, 0.05) is 29.6 Å². The predicted molar refractivity (Wildman–Crippen MR) is 84.7 cm³/mol. The quantitative estimate of drug-likeness (QED) is 0.770. The number of aryl methyl sites for hydroxylation is 1. The summed E-state index contributed by atoms with van der Waals surface area (Å²) in [4.78, 5) is 8.88. The fourth-order valence-electron chi connectivity index (χ4n) is 1.99. The van der Waals surface area contributed by atoms with Gasteiger partial charge in [-0.15, -0.1) is 0 Å². The molecule has 0 saturated heterocycles. The first kappa shape index (κ1) is 12.9. The van der Waals surface area contributed by atoms with E-state index in [2.05, 4.69) is 49.5 Å². The molecule has 2 heterocycles. The van der Waals surface area contributed by atoms with Crippen molar-refractivity contribution in [2.75, 3.05) is 17.7 Å². The minimum Gasteiger partial charge on any atom is -0.372 e. The Kier molecular flexibility index (Phi) is 3.31. The van der Waals surface area contributed by atoms with Gasteiger partial charge in [0.15, 0.2) is 11.5 Å². The molecule has 0 saturated carbocycles. The summed E-state index contributed by atoms with van der Waals surface area (Å²) in [6.07, 6.45) is 5.56. The van der Waals surface area contributed by atoms with Crippen molar-refractivity contribution in [1.29, 1.82) is 0 Å². The smallest absolute Gasteiger partial charge is 0.180 e. The second-order valence-corrected chi connectivity index (χ2v) is 5.38. The molecule has 0 aliphatic heterocycles. The number of imidazole rings is 1. The summed E-state index contributed by atoms with van der Waals surface area (Å²) in [7, 11) is 1.85. The summed E-state index contributed by atoms with van der Waals surface area (Å²) in [6, 6.07) is 6.10. The van der Waals surface area contributed by atoms with Crippen LogP contribution in [-0.2, 0) is 0 Å². The number of fused-ring (bicyclic) bond motifs is 1. The summed E-state index contributed by atoms with van der Waals surface area (Å²) in [5.41, 5.74) is 2.95. The summed E-state index contributed by atoms with van der Waals surface area (Å²) >= 11 is 3.49. The van der Waals surface area contributed by atoms with Gasteiger partial charge < -0.3 is 15.0 Å². The number of benzene rings is 1. The first-order chi connectivity index (χ1) is 9.67. The summed E-state index contributed by atoms with van der Waals surface area (Å²) in [6.45, 7) is 2.06. The van der Waals surface area contributed by atoms with Crippen molar-refractivity contribution in [2.24, 2.45) is 0 Å². The van der Waals surface area contributed by atoms with E-state index < -0.39 is 0 Å². The number of nitrogens with zero attached hydrogens (tertiary/aromatic N) is 3. The van der Waals surface area contributed by atoms with E-state index in [1.807, 2.05) is 36.0 Å². The zero-order valence-corrected chi connectivity index (χ0v) is 12.8. The number of halogens is 1. The summed E-state index contributed by atoms with van der Waals surface area (Å²) < 4.78 is 2.96. The molecule has 0 amide bonds. The maximum atomic E-state index is 4.54. The highest BCUT2D eigenvalue weighted by atomic mass is 79.9. The molecule has 0 unspecified atom stereocenters. The van der Waals surface area contributed by atoms with E-state index in [1.165, 1.54) is 0 Å². The van der Waals surface area contributed by atoms with Crippen molar-refractivity contribution < 1.29 is 0 Å². The molecule has 0 aliphatic rings. The van der Waals surface area contributed by atoms with Crippen LogP contribution in [0.5, 0.6) is 0 Å². The van der Waals surface area contributed by atoms with Crippen molar-refractivity contribution >= 4 is 38.9 Å². The first-order valence-electron chi connectivity index (χ1n) is 6.22. The Morgan fingerprint density at radius 1 is 1.30 bits per heavy atom.